The van der Waals surface area contributed by atoms with Crippen molar-refractivity contribution in [1.29, 1.82) is 0 Å². The van der Waals surface area contributed by atoms with Gasteiger partial charge in [-0.25, -0.2) is 9.59 Å². The Balaban J connectivity index is 1.38. The zero-order chi connectivity index (χ0) is 22.0. The van der Waals surface area contributed by atoms with E-state index in [0.717, 1.165) is 22.3 Å². The van der Waals surface area contributed by atoms with E-state index in [0.29, 0.717) is 18.1 Å². The molecule has 31 heavy (non-hydrogen) atoms. The van der Waals surface area contributed by atoms with Gasteiger partial charge < -0.3 is 20.1 Å². The molecule has 1 unspecified atom stereocenters. The number of thioether (sulfide) groups is 1. The third kappa shape index (κ3) is 4.25. The van der Waals surface area contributed by atoms with E-state index >= 15 is 0 Å². The Morgan fingerprint density at radius 3 is 2.35 bits per heavy atom. The quantitative estimate of drug-likeness (QED) is 0.742. The first kappa shape index (κ1) is 21.2. The first-order valence-corrected chi connectivity index (χ1v) is 11.4. The number of fused-ring (bicyclic) bond motifs is 3. The Kier molecular flexibility index (Phi) is 6.18. The van der Waals surface area contributed by atoms with Gasteiger partial charge in [0.2, 0.25) is 5.91 Å². The van der Waals surface area contributed by atoms with E-state index in [1.807, 2.05) is 36.4 Å². The number of hydrogen-bond donors (Lipinski definition) is 2. The normalized spacial score (nSPS) is 18.6. The van der Waals surface area contributed by atoms with Crippen molar-refractivity contribution >= 4 is 29.7 Å². The van der Waals surface area contributed by atoms with Crippen LogP contribution in [0.3, 0.4) is 0 Å². The minimum absolute atomic E-state index is 0.0698. The van der Waals surface area contributed by atoms with Crippen molar-refractivity contribution in [1.82, 2.24) is 10.2 Å². The number of amides is 2. The third-order valence-electron chi connectivity index (χ3n) is 5.75. The van der Waals surface area contributed by atoms with Gasteiger partial charge in [-0.1, -0.05) is 48.5 Å². The van der Waals surface area contributed by atoms with Gasteiger partial charge in [0.1, 0.15) is 18.7 Å². The van der Waals surface area contributed by atoms with Crippen LogP contribution in [0.25, 0.3) is 11.1 Å². The first-order chi connectivity index (χ1) is 15.0. The van der Waals surface area contributed by atoms with Crippen molar-refractivity contribution < 1.29 is 24.2 Å². The molecule has 7 nitrogen and oxygen atoms in total. The van der Waals surface area contributed by atoms with Crippen molar-refractivity contribution in [3.63, 3.8) is 0 Å². The number of carbonyl (C=O) groups excluding carboxylic acids is 2. The molecule has 2 aromatic carbocycles. The zero-order valence-electron chi connectivity index (χ0n) is 17.1. The molecule has 162 valence electrons. The fraction of sp³-hybridized carbons (Fsp3) is 0.348. The highest BCUT2D eigenvalue weighted by Crippen LogP contribution is 2.44. The van der Waals surface area contributed by atoms with Crippen molar-refractivity contribution in [2.45, 2.75) is 24.9 Å². The third-order valence-corrected chi connectivity index (χ3v) is 6.77. The molecule has 0 bridgehead atoms. The molecule has 2 amide bonds. The Hall–Kier alpha value is -3.00. The molecule has 2 atom stereocenters. The molecule has 0 saturated carbocycles. The van der Waals surface area contributed by atoms with E-state index in [1.54, 1.807) is 6.92 Å². The number of nitrogens with one attached hydrogen (secondary N) is 1. The molecule has 4 rings (SSSR count). The minimum Gasteiger partial charge on any atom is -0.480 e. The van der Waals surface area contributed by atoms with Crippen LogP contribution in [0.1, 0.15) is 24.0 Å². The predicted molar refractivity (Wildman–Crippen MR) is 118 cm³/mol. The van der Waals surface area contributed by atoms with Crippen LogP contribution in [0.2, 0.25) is 0 Å². The molecule has 2 aromatic rings. The van der Waals surface area contributed by atoms with Gasteiger partial charge in [0, 0.05) is 24.0 Å². The molecule has 1 heterocycles. The second-order valence-electron chi connectivity index (χ2n) is 7.65. The van der Waals surface area contributed by atoms with Crippen LogP contribution < -0.4 is 5.32 Å². The van der Waals surface area contributed by atoms with Crippen LogP contribution >= 0.6 is 11.8 Å². The highest BCUT2D eigenvalue weighted by Gasteiger charge is 2.35. The molecule has 2 N–H and O–H groups in total. The highest BCUT2D eigenvalue weighted by molar-refractivity contribution is 7.99. The Morgan fingerprint density at radius 2 is 1.74 bits per heavy atom. The van der Waals surface area contributed by atoms with Crippen LogP contribution in [0.5, 0.6) is 0 Å². The maximum atomic E-state index is 12.7. The van der Waals surface area contributed by atoms with Crippen LogP contribution in [-0.4, -0.2) is 64.7 Å². The summed E-state index contributed by atoms with van der Waals surface area (Å²) in [6.07, 6.45) is -0.694. The second-order valence-corrected chi connectivity index (χ2v) is 8.80. The summed E-state index contributed by atoms with van der Waals surface area (Å²) in [4.78, 5) is 37.9. The lowest BCUT2D eigenvalue weighted by molar-refractivity contribution is -0.149. The summed E-state index contributed by atoms with van der Waals surface area (Å²) >= 11 is 1.50. The molecule has 8 heteroatoms. The molecular weight excluding hydrogens is 416 g/mol. The number of aliphatic carboxylic acids is 1. The number of carboxylic acids is 1. The van der Waals surface area contributed by atoms with Crippen molar-refractivity contribution in [3.8, 4) is 11.1 Å². The molecule has 0 aromatic heterocycles. The van der Waals surface area contributed by atoms with E-state index in [2.05, 4.69) is 17.4 Å². The Bertz CT molecular complexity index is 965. The first-order valence-electron chi connectivity index (χ1n) is 10.2. The summed E-state index contributed by atoms with van der Waals surface area (Å²) in [5.74, 6) is -0.499. The van der Waals surface area contributed by atoms with Gasteiger partial charge in [-0.2, -0.15) is 11.8 Å². The van der Waals surface area contributed by atoms with E-state index in [-0.39, 0.29) is 12.5 Å². The van der Waals surface area contributed by atoms with Gasteiger partial charge in [-0.15, -0.1) is 0 Å². The molecule has 2 aliphatic rings. The largest absolute Gasteiger partial charge is 0.480 e. The summed E-state index contributed by atoms with van der Waals surface area (Å²) in [6.45, 7) is 2.04. The molecule has 1 saturated heterocycles. The number of ether oxygens (including phenoxy) is 1. The fourth-order valence-corrected chi connectivity index (χ4v) is 5.24. The molecule has 1 aliphatic heterocycles. The number of nitrogens with zero attached hydrogens (tertiary/aromatic N) is 1. The maximum Gasteiger partial charge on any atom is 0.407 e. The van der Waals surface area contributed by atoms with Gasteiger partial charge in [0.05, 0.1) is 0 Å². The van der Waals surface area contributed by atoms with Crippen LogP contribution in [0.4, 0.5) is 4.79 Å². The monoisotopic (exact) mass is 440 g/mol. The van der Waals surface area contributed by atoms with Crippen LogP contribution in [0.15, 0.2) is 48.5 Å². The van der Waals surface area contributed by atoms with Gasteiger partial charge in [-0.05, 0) is 29.2 Å². The molecule has 1 aliphatic carbocycles. The van der Waals surface area contributed by atoms with E-state index in [1.165, 1.54) is 16.7 Å². The number of alkyl carbamates (subject to hydrolysis) is 1. The fourth-order valence-electron chi connectivity index (χ4n) is 4.20. The maximum absolute atomic E-state index is 12.7. The van der Waals surface area contributed by atoms with Crippen LogP contribution in [-0.2, 0) is 14.3 Å². The molecular formula is C23H24N2O5S. The molecule has 1 fully saturated rings. The van der Waals surface area contributed by atoms with Crippen molar-refractivity contribution in [2.75, 3.05) is 24.7 Å². The zero-order valence-corrected chi connectivity index (χ0v) is 17.9. The minimum atomic E-state index is -1.03. The number of rotatable bonds is 5. The standard InChI is InChI=1S/C23H24N2O5S/c1-14(21(26)25-10-11-31-13-20(25)22(27)28)24-23(29)30-12-19-17-8-4-2-6-15(17)16-7-3-5-9-18(16)19/h2-9,14,19-20H,10-13H2,1H3,(H,24,29)(H,27,28)/t14-,20?/m1/s1. The van der Waals surface area contributed by atoms with Gasteiger partial charge in [0.25, 0.3) is 0 Å². The summed E-state index contributed by atoms with van der Waals surface area (Å²) in [5.41, 5.74) is 4.49. The Labute approximate surface area is 184 Å². The lowest BCUT2D eigenvalue weighted by atomic mass is 9.98. The average molecular weight is 441 g/mol. The number of carboxylic acid groups (broad SMARTS) is 1. The summed E-state index contributed by atoms with van der Waals surface area (Å²) < 4.78 is 5.48. The molecule has 0 spiro atoms. The second kappa shape index (κ2) is 9.01. The van der Waals surface area contributed by atoms with Gasteiger partial charge in [-0.3, -0.25) is 4.79 Å². The van der Waals surface area contributed by atoms with Gasteiger partial charge >= 0.3 is 12.1 Å². The van der Waals surface area contributed by atoms with Crippen molar-refractivity contribution in [2.24, 2.45) is 0 Å². The smallest absolute Gasteiger partial charge is 0.407 e. The highest BCUT2D eigenvalue weighted by atomic mass is 32.2. The number of benzene rings is 2. The lowest BCUT2D eigenvalue weighted by Gasteiger charge is -2.34. The average Bonchev–Trinajstić information content (AvgIpc) is 3.11. The van der Waals surface area contributed by atoms with E-state index in [9.17, 15) is 19.5 Å². The summed E-state index contributed by atoms with van der Waals surface area (Å²) in [7, 11) is 0. The predicted octanol–water partition coefficient (Wildman–Crippen LogP) is 2.94. The number of hydrogen-bond acceptors (Lipinski definition) is 5. The Morgan fingerprint density at radius 1 is 1.13 bits per heavy atom. The van der Waals surface area contributed by atoms with E-state index in [4.69, 9.17) is 4.74 Å². The SMILES string of the molecule is C[C@@H](NC(=O)OCC1c2ccccc2-c2ccccc21)C(=O)N1CCSCC1C(=O)O. The summed E-state index contributed by atoms with van der Waals surface area (Å²) in [5, 5.41) is 11.9. The topological polar surface area (TPSA) is 95.9 Å². The lowest BCUT2D eigenvalue weighted by Crippen LogP contribution is -2.56. The number of carbonyl (C=O) groups is 3. The van der Waals surface area contributed by atoms with E-state index < -0.39 is 30.1 Å². The van der Waals surface area contributed by atoms with Crippen molar-refractivity contribution in [3.05, 3.63) is 59.7 Å². The summed E-state index contributed by atoms with van der Waals surface area (Å²) in [6, 6.07) is 14.4. The molecule has 0 radical (unpaired) electrons. The van der Waals surface area contributed by atoms with Crippen LogP contribution in [0, 0.1) is 0 Å². The van der Waals surface area contributed by atoms with Gasteiger partial charge in [0.15, 0.2) is 0 Å².